The van der Waals surface area contributed by atoms with E-state index in [1.54, 1.807) is 36.2 Å². The first-order chi connectivity index (χ1) is 18.1. The van der Waals surface area contributed by atoms with Gasteiger partial charge in [-0.25, -0.2) is 8.42 Å². The maximum atomic E-state index is 13.7. The lowest BCUT2D eigenvalue weighted by Gasteiger charge is -2.32. The second-order valence-corrected chi connectivity index (χ2v) is 11.5. The lowest BCUT2D eigenvalue weighted by atomic mass is 10.0. The van der Waals surface area contributed by atoms with E-state index >= 15 is 0 Å². The molecule has 0 aliphatic heterocycles. The van der Waals surface area contributed by atoms with E-state index in [1.807, 2.05) is 61.5 Å². The molecule has 0 heterocycles. The van der Waals surface area contributed by atoms with Gasteiger partial charge >= 0.3 is 0 Å². The zero-order chi connectivity index (χ0) is 27.7. The zero-order valence-electron chi connectivity index (χ0n) is 21.9. The average molecular weight is 556 g/mol. The van der Waals surface area contributed by atoms with Crippen molar-refractivity contribution in [1.29, 1.82) is 0 Å². The summed E-state index contributed by atoms with van der Waals surface area (Å²) < 4.78 is 26.4. The molecule has 0 fully saturated rings. The minimum atomic E-state index is -3.55. The quantitative estimate of drug-likeness (QED) is 0.354. The van der Waals surface area contributed by atoms with Crippen LogP contribution < -0.4 is 9.62 Å². The largest absolute Gasteiger partial charge is 0.357 e. The van der Waals surface area contributed by atoms with Crippen molar-refractivity contribution in [2.75, 3.05) is 24.2 Å². The number of nitrogens with zero attached hydrogens (tertiary/aromatic N) is 2. The van der Waals surface area contributed by atoms with Gasteiger partial charge in [0.1, 0.15) is 6.04 Å². The normalized spacial score (nSPS) is 12.0. The Kier molecular flexibility index (Phi) is 10.3. The second-order valence-electron chi connectivity index (χ2n) is 9.21. The highest BCUT2D eigenvalue weighted by Gasteiger charge is 2.30. The molecule has 0 aliphatic rings. The second kappa shape index (κ2) is 13.4. The van der Waals surface area contributed by atoms with E-state index in [1.165, 1.54) is 4.31 Å². The van der Waals surface area contributed by atoms with Gasteiger partial charge in [0.05, 0.1) is 11.9 Å². The molecule has 0 saturated heterocycles. The number of hydrogen-bond acceptors (Lipinski definition) is 4. The predicted molar refractivity (Wildman–Crippen MR) is 153 cm³/mol. The monoisotopic (exact) mass is 555 g/mol. The van der Waals surface area contributed by atoms with Gasteiger partial charge in [-0.2, -0.15) is 0 Å². The van der Waals surface area contributed by atoms with Crippen molar-refractivity contribution in [1.82, 2.24) is 10.2 Å². The van der Waals surface area contributed by atoms with E-state index in [9.17, 15) is 18.0 Å². The van der Waals surface area contributed by atoms with Crippen LogP contribution in [0.2, 0.25) is 5.02 Å². The zero-order valence-corrected chi connectivity index (χ0v) is 23.5. The highest BCUT2D eigenvalue weighted by atomic mass is 35.5. The summed E-state index contributed by atoms with van der Waals surface area (Å²) in [7, 11) is -2.01. The Morgan fingerprint density at radius 3 is 2.29 bits per heavy atom. The number of nitrogens with one attached hydrogen (secondary N) is 1. The van der Waals surface area contributed by atoms with Crippen LogP contribution in [0.3, 0.4) is 0 Å². The summed E-state index contributed by atoms with van der Waals surface area (Å²) in [6.45, 7) is 2.18. The van der Waals surface area contributed by atoms with E-state index in [0.717, 1.165) is 22.9 Å². The molecular weight excluding hydrogens is 522 g/mol. The molecule has 202 valence electrons. The van der Waals surface area contributed by atoms with E-state index in [-0.39, 0.29) is 37.7 Å². The molecule has 0 spiro atoms. The Hall–Kier alpha value is -3.36. The predicted octanol–water partition coefficient (Wildman–Crippen LogP) is 4.58. The van der Waals surface area contributed by atoms with Crippen LogP contribution >= 0.6 is 11.6 Å². The Morgan fingerprint density at radius 2 is 1.66 bits per heavy atom. The minimum Gasteiger partial charge on any atom is -0.357 e. The molecule has 0 radical (unpaired) electrons. The molecule has 0 aromatic heterocycles. The number of anilines is 1. The molecular formula is C29H34ClN3O4S. The van der Waals surface area contributed by atoms with Crippen LogP contribution in [0.25, 0.3) is 0 Å². The molecule has 1 atom stereocenters. The summed E-state index contributed by atoms with van der Waals surface area (Å²) in [5.41, 5.74) is 3.13. The van der Waals surface area contributed by atoms with Gasteiger partial charge in [0, 0.05) is 38.0 Å². The lowest BCUT2D eigenvalue weighted by molar-refractivity contribution is -0.141. The van der Waals surface area contributed by atoms with Crippen molar-refractivity contribution in [2.24, 2.45) is 0 Å². The van der Waals surface area contributed by atoms with Crippen LogP contribution in [-0.4, -0.2) is 51.0 Å². The molecule has 1 N–H and O–H groups in total. The number of carbonyl (C=O) groups excluding carboxylic acids is 2. The summed E-state index contributed by atoms with van der Waals surface area (Å²) in [6, 6.07) is 23.2. The SMILES string of the molecule is CNC(=O)C(Cc1ccccc1)N(Cc1ccccc1Cl)C(=O)CCCN(c1cccc(C)c1)S(C)(=O)=O. The molecule has 3 rings (SSSR count). The Balaban J connectivity index is 1.85. The molecule has 0 bridgehead atoms. The summed E-state index contributed by atoms with van der Waals surface area (Å²) in [6.07, 6.45) is 1.83. The highest BCUT2D eigenvalue weighted by molar-refractivity contribution is 7.92. The molecule has 3 aromatic carbocycles. The third-order valence-electron chi connectivity index (χ3n) is 6.26. The fourth-order valence-electron chi connectivity index (χ4n) is 4.32. The third-order valence-corrected chi connectivity index (χ3v) is 7.82. The summed E-state index contributed by atoms with van der Waals surface area (Å²) in [5, 5.41) is 3.19. The van der Waals surface area contributed by atoms with Crippen molar-refractivity contribution < 1.29 is 18.0 Å². The van der Waals surface area contributed by atoms with Gasteiger partial charge in [0.25, 0.3) is 0 Å². The summed E-state index contributed by atoms with van der Waals surface area (Å²) in [4.78, 5) is 28.3. The van der Waals surface area contributed by atoms with Gasteiger partial charge in [0.2, 0.25) is 21.8 Å². The number of likely N-dealkylation sites (N-methyl/N-ethyl adjacent to an activating group) is 1. The van der Waals surface area contributed by atoms with E-state index in [2.05, 4.69) is 5.32 Å². The van der Waals surface area contributed by atoms with Crippen LogP contribution in [0, 0.1) is 6.92 Å². The van der Waals surface area contributed by atoms with E-state index < -0.39 is 16.1 Å². The number of hydrogen-bond donors (Lipinski definition) is 1. The van der Waals surface area contributed by atoms with Crippen molar-refractivity contribution in [3.05, 3.63) is 101 Å². The Bertz CT molecular complexity index is 1350. The molecule has 2 amide bonds. The maximum Gasteiger partial charge on any atom is 0.242 e. The first kappa shape index (κ1) is 29.2. The fraction of sp³-hybridized carbons (Fsp3) is 0.310. The van der Waals surface area contributed by atoms with Gasteiger partial charge in [-0.05, 0) is 48.2 Å². The van der Waals surface area contributed by atoms with Gasteiger partial charge in [0.15, 0.2) is 0 Å². The molecule has 38 heavy (non-hydrogen) atoms. The number of carbonyl (C=O) groups is 2. The number of sulfonamides is 1. The van der Waals surface area contributed by atoms with Crippen molar-refractivity contribution >= 4 is 39.1 Å². The number of aryl methyl sites for hydroxylation is 1. The number of amides is 2. The maximum absolute atomic E-state index is 13.7. The third kappa shape index (κ3) is 8.07. The van der Waals surface area contributed by atoms with Crippen LogP contribution in [0.15, 0.2) is 78.9 Å². The van der Waals surface area contributed by atoms with Crippen LogP contribution in [0.1, 0.15) is 29.5 Å². The molecule has 0 saturated carbocycles. The topological polar surface area (TPSA) is 86.8 Å². The van der Waals surface area contributed by atoms with Crippen LogP contribution in [0.4, 0.5) is 5.69 Å². The Morgan fingerprint density at radius 1 is 0.974 bits per heavy atom. The number of halogens is 1. The molecule has 3 aromatic rings. The van der Waals surface area contributed by atoms with Gasteiger partial charge in [-0.1, -0.05) is 72.3 Å². The molecule has 7 nitrogen and oxygen atoms in total. The van der Waals surface area contributed by atoms with Gasteiger partial charge < -0.3 is 10.2 Å². The van der Waals surface area contributed by atoms with Gasteiger partial charge in [-0.15, -0.1) is 0 Å². The molecule has 1 unspecified atom stereocenters. The van der Waals surface area contributed by atoms with Crippen molar-refractivity contribution in [2.45, 2.75) is 38.8 Å². The van der Waals surface area contributed by atoms with Crippen molar-refractivity contribution in [3.63, 3.8) is 0 Å². The highest BCUT2D eigenvalue weighted by Crippen LogP contribution is 2.23. The standard InChI is InChI=1S/C29H34ClN3O4S/c1-22-11-9-15-25(19-22)33(38(3,36)37)18-10-17-28(34)32(21-24-14-7-8-16-26(24)30)27(29(35)31-2)20-23-12-5-4-6-13-23/h4-9,11-16,19,27H,10,17-18,20-21H2,1-3H3,(H,31,35). The summed E-state index contributed by atoms with van der Waals surface area (Å²) in [5.74, 6) is -0.543. The smallest absolute Gasteiger partial charge is 0.242 e. The minimum absolute atomic E-state index is 0.0601. The molecule has 9 heteroatoms. The van der Waals surface area contributed by atoms with E-state index in [0.29, 0.717) is 17.1 Å². The number of rotatable bonds is 12. The molecule has 0 aliphatic carbocycles. The average Bonchev–Trinajstić information content (AvgIpc) is 2.89. The summed E-state index contributed by atoms with van der Waals surface area (Å²) >= 11 is 6.42. The first-order valence-electron chi connectivity index (χ1n) is 12.4. The van der Waals surface area contributed by atoms with Crippen LogP contribution in [0.5, 0.6) is 0 Å². The fourth-order valence-corrected chi connectivity index (χ4v) is 5.47. The Labute approximate surface area is 230 Å². The first-order valence-corrected chi connectivity index (χ1v) is 14.7. The van der Waals surface area contributed by atoms with Gasteiger partial charge in [-0.3, -0.25) is 13.9 Å². The van der Waals surface area contributed by atoms with Crippen molar-refractivity contribution in [3.8, 4) is 0 Å². The van der Waals surface area contributed by atoms with E-state index in [4.69, 9.17) is 11.6 Å². The van der Waals surface area contributed by atoms with Crippen LogP contribution in [-0.2, 0) is 32.6 Å². The lowest BCUT2D eigenvalue weighted by Crippen LogP contribution is -2.49. The number of benzene rings is 3.